The summed E-state index contributed by atoms with van der Waals surface area (Å²) in [6.45, 7) is 0. The quantitative estimate of drug-likeness (QED) is 0.480. The average molecular weight is 170 g/mol. The molecule has 0 bridgehead atoms. The van der Waals surface area contributed by atoms with Crippen molar-refractivity contribution in [2.24, 2.45) is 0 Å². The molecule has 0 heterocycles. The summed E-state index contributed by atoms with van der Waals surface area (Å²) in [7, 11) is -3.74. The van der Waals surface area contributed by atoms with Crippen molar-refractivity contribution < 1.29 is 29.0 Å². The van der Waals surface area contributed by atoms with E-state index in [2.05, 4.69) is 4.74 Å². The molecule has 0 saturated carbocycles. The Kier molecular flexibility index (Phi) is 2.98. The number of carboxylic acid groups (broad SMARTS) is 1. The van der Waals surface area contributed by atoms with Crippen LogP contribution >= 0.6 is 7.60 Å². The van der Waals surface area contributed by atoms with Crippen LogP contribution in [0.3, 0.4) is 0 Å². The van der Waals surface area contributed by atoms with Gasteiger partial charge in [0, 0.05) is 7.11 Å². The molecule has 0 rings (SSSR count). The van der Waals surface area contributed by atoms with E-state index in [1.165, 1.54) is 0 Å². The topological polar surface area (TPSA) is 104 Å². The third-order valence-corrected chi connectivity index (χ3v) is 1.78. The molecule has 1 atom stereocenters. The fourth-order valence-corrected chi connectivity index (χ4v) is 0.944. The van der Waals surface area contributed by atoms with Gasteiger partial charge in [-0.25, -0.2) is 4.79 Å². The Labute approximate surface area is 56.6 Å². The van der Waals surface area contributed by atoms with Gasteiger partial charge in [-0.2, -0.15) is 0 Å². The van der Waals surface area contributed by atoms with Gasteiger partial charge in [0.2, 0.25) is 0 Å². The van der Waals surface area contributed by atoms with Gasteiger partial charge in [0.1, 0.15) is 0 Å². The monoisotopic (exact) mass is 170 g/mol. The van der Waals surface area contributed by atoms with Crippen molar-refractivity contribution in [3.05, 3.63) is 0 Å². The van der Waals surface area contributed by atoms with Gasteiger partial charge < -0.3 is 19.6 Å². The first kappa shape index (κ1) is 9.58. The Morgan fingerprint density at radius 1 is 1.60 bits per heavy atom. The van der Waals surface area contributed by atoms with Gasteiger partial charge in [0.05, 0.1) is 0 Å². The molecule has 0 amide bonds. The van der Waals surface area contributed by atoms with E-state index in [-0.39, 0.29) is 0 Å². The number of hydrogen-bond acceptors (Lipinski definition) is 3. The highest BCUT2D eigenvalue weighted by molar-refractivity contribution is 7.53. The van der Waals surface area contributed by atoms with Crippen LogP contribution in [0.1, 0.15) is 0 Å². The molecule has 1 unspecified atom stereocenters. The minimum absolute atomic E-state index is 0.915. The van der Waals surface area contributed by atoms with Crippen LogP contribution < -0.4 is 0 Å². The Bertz CT molecular complexity index is 170. The molecule has 60 valence electrons. The van der Waals surface area contributed by atoms with Crippen LogP contribution in [0, 0.1) is 0 Å². The molecule has 0 saturated heterocycles. The minimum atomic E-state index is -4.65. The number of carboxylic acids is 1. The first-order chi connectivity index (χ1) is 4.39. The van der Waals surface area contributed by atoms with Crippen molar-refractivity contribution in [1.29, 1.82) is 0 Å². The second-order valence-corrected chi connectivity index (χ2v) is 3.16. The molecule has 0 aliphatic carbocycles. The zero-order chi connectivity index (χ0) is 8.36. The maximum absolute atomic E-state index is 10.2. The fraction of sp³-hybridized carbons (Fsp3) is 0.667. The van der Waals surface area contributed by atoms with Crippen LogP contribution in [-0.2, 0) is 14.1 Å². The van der Waals surface area contributed by atoms with Crippen LogP contribution in [-0.4, -0.2) is 33.8 Å². The molecule has 10 heavy (non-hydrogen) atoms. The molecule has 0 aromatic carbocycles. The number of rotatable bonds is 3. The molecule has 0 aromatic rings. The van der Waals surface area contributed by atoms with Crippen LogP contribution in [0.4, 0.5) is 0 Å². The van der Waals surface area contributed by atoms with Gasteiger partial charge in [-0.3, -0.25) is 4.57 Å². The number of ether oxygens (including phenoxy) is 1. The third-order valence-electron chi connectivity index (χ3n) is 0.740. The van der Waals surface area contributed by atoms with Gasteiger partial charge >= 0.3 is 13.6 Å². The highest BCUT2D eigenvalue weighted by atomic mass is 31.2. The SMILES string of the molecule is COC(C(=O)O)P(=O)(O)O. The van der Waals surface area contributed by atoms with Crippen LogP contribution in [0.15, 0.2) is 0 Å². The second kappa shape index (κ2) is 3.12. The average Bonchev–Trinajstić information content (AvgIpc) is 1.60. The zero-order valence-electron chi connectivity index (χ0n) is 5.09. The van der Waals surface area contributed by atoms with Crippen LogP contribution in [0.5, 0.6) is 0 Å². The lowest BCUT2D eigenvalue weighted by Crippen LogP contribution is -2.21. The van der Waals surface area contributed by atoms with Crippen molar-refractivity contribution >= 4 is 13.6 Å². The minimum Gasteiger partial charge on any atom is -0.479 e. The van der Waals surface area contributed by atoms with E-state index < -0.39 is 19.4 Å². The smallest absolute Gasteiger partial charge is 0.365 e. The molecule has 0 radical (unpaired) electrons. The van der Waals surface area contributed by atoms with E-state index in [0.717, 1.165) is 7.11 Å². The van der Waals surface area contributed by atoms with Gasteiger partial charge in [-0.05, 0) is 0 Å². The normalized spacial score (nSPS) is 14.7. The Hall–Kier alpha value is -0.420. The predicted octanol–water partition coefficient (Wildman–Crippen LogP) is -0.779. The summed E-state index contributed by atoms with van der Waals surface area (Å²) in [5.41, 5.74) is 0. The molecule has 0 spiro atoms. The van der Waals surface area contributed by atoms with Crippen molar-refractivity contribution in [1.82, 2.24) is 0 Å². The van der Waals surface area contributed by atoms with Crippen molar-refractivity contribution in [2.75, 3.05) is 7.11 Å². The van der Waals surface area contributed by atoms with E-state index in [1.54, 1.807) is 0 Å². The van der Waals surface area contributed by atoms with E-state index in [1.807, 2.05) is 0 Å². The van der Waals surface area contributed by atoms with Crippen molar-refractivity contribution in [3.63, 3.8) is 0 Å². The van der Waals surface area contributed by atoms with E-state index in [4.69, 9.17) is 14.9 Å². The molecule has 0 aromatic heterocycles. The Morgan fingerprint density at radius 2 is 2.00 bits per heavy atom. The highest BCUT2D eigenvalue weighted by Crippen LogP contribution is 2.41. The van der Waals surface area contributed by atoms with E-state index in [0.29, 0.717) is 0 Å². The van der Waals surface area contributed by atoms with Gasteiger partial charge in [-0.15, -0.1) is 0 Å². The summed E-state index contributed by atoms with van der Waals surface area (Å²) >= 11 is 0. The molecule has 6 nitrogen and oxygen atoms in total. The Morgan fingerprint density at radius 3 is 2.00 bits per heavy atom. The zero-order valence-corrected chi connectivity index (χ0v) is 5.99. The van der Waals surface area contributed by atoms with Crippen molar-refractivity contribution in [3.8, 4) is 0 Å². The fourth-order valence-electron chi connectivity index (χ4n) is 0.382. The third kappa shape index (κ3) is 2.45. The lowest BCUT2D eigenvalue weighted by molar-refractivity contribution is -0.144. The van der Waals surface area contributed by atoms with Gasteiger partial charge in [0.15, 0.2) is 0 Å². The predicted molar refractivity (Wildman–Crippen MR) is 30.5 cm³/mol. The molecule has 0 fully saturated rings. The molecule has 0 aliphatic rings. The number of hydrogen-bond donors (Lipinski definition) is 3. The van der Waals surface area contributed by atoms with E-state index >= 15 is 0 Å². The maximum atomic E-state index is 10.2. The number of carbonyl (C=O) groups is 1. The standard InChI is InChI=1S/C3H7O6P/c1-9-3(2(4)5)10(6,7)8/h3H,1H3,(H,4,5)(H2,6,7,8). The molecule has 7 heteroatoms. The summed E-state index contributed by atoms with van der Waals surface area (Å²) in [6.07, 6.45) is 0. The first-order valence-corrected chi connectivity index (χ1v) is 3.88. The second-order valence-electron chi connectivity index (χ2n) is 1.52. The summed E-state index contributed by atoms with van der Waals surface area (Å²) in [5.74, 6) is -3.72. The maximum Gasteiger partial charge on any atom is 0.365 e. The summed E-state index contributed by atoms with van der Waals surface area (Å²) < 4.78 is 14.2. The van der Waals surface area contributed by atoms with Crippen LogP contribution in [0.25, 0.3) is 0 Å². The lowest BCUT2D eigenvalue weighted by atomic mass is 10.7. The number of methoxy groups -OCH3 is 1. The summed E-state index contributed by atoms with van der Waals surface area (Å²) in [5, 5.41) is 8.09. The van der Waals surface area contributed by atoms with Crippen molar-refractivity contribution in [2.45, 2.75) is 5.85 Å². The van der Waals surface area contributed by atoms with Gasteiger partial charge in [-0.1, -0.05) is 0 Å². The number of aliphatic carboxylic acids is 1. The molecule has 0 aliphatic heterocycles. The first-order valence-electron chi connectivity index (χ1n) is 2.20. The molecule has 3 N–H and O–H groups in total. The van der Waals surface area contributed by atoms with Crippen LogP contribution in [0.2, 0.25) is 0 Å². The Balaban J connectivity index is 4.38. The molecular formula is C3H7O6P. The summed E-state index contributed by atoms with van der Waals surface area (Å²) in [6, 6.07) is 0. The largest absolute Gasteiger partial charge is 0.479 e. The molecular weight excluding hydrogens is 163 g/mol. The highest BCUT2D eigenvalue weighted by Gasteiger charge is 2.35. The lowest BCUT2D eigenvalue weighted by Gasteiger charge is -2.10. The van der Waals surface area contributed by atoms with E-state index in [9.17, 15) is 9.36 Å². The van der Waals surface area contributed by atoms with Gasteiger partial charge in [0.25, 0.3) is 5.85 Å². The summed E-state index contributed by atoms with van der Waals surface area (Å²) in [4.78, 5) is 26.5.